The summed E-state index contributed by atoms with van der Waals surface area (Å²) in [5.41, 5.74) is 18.0. The third-order valence-electron chi connectivity index (χ3n) is 6.36. The van der Waals surface area contributed by atoms with Gasteiger partial charge in [-0.3, -0.25) is 14.6 Å². The monoisotopic (exact) mass is 464 g/mol. The van der Waals surface area contributed by atoms with Crippen molar-refractivity contribution in [2.45, 2.75) is 25.4 Å². The molecule has 180 valence electrons. The van der Waals surface area contributed by atoms with Crippen LogP contribution in [0.3, 0.4) is 0 Å². The van der Waals surface area contributed by atoms with Crippen LogP contribution < -0.4 is 32.3 Å². The molecule has 9 nitrogen and oxygen atoms in total. The van der Waals surface area contributed by atoms with E-state index < -0.39 is 11.9 Å². The molecule has 1 saturated heterocycles. The second kappa shape index (κ2) is 10.6. The first-order valence-electron chi connectivity index (χ1n) is 11.5. The highest BCUT2D eigenvalue weighted by atomic mass is 16.5. The zero-order valence-corrected chi connectivity index (χ0v) is 19.3. The van der Waals surface area contributed by atoms with Gasteiger partial charge in [0, 0.05) is 13.1 Å². The van der Waals surface area contributed by atoms with Crippen LogP contribution in [-0.4, -0.2) is 43.6 Å². The lowest BCUT2D eigenvalue weighted by Crippen LogP contribution is -2.43. The molecule has 0 aliphatic carbocycles. The standard InChI is InChI=1S/C25H32N6O3/c1-34-20-7-3-2-6-19(20)25(33)29-14-16-8-10-18(11-9-16)22-21(24(27)32)23(26)31(30-22)15-17-5-4-12-28-13-17/h2-3,6-11,17,22,28,30H,4-5,12-15,26H2,1H3,(H2,27,32)(H,29,33)/t17-,22?/m0/s1. The molecule has 1 fully saturated rings. The Morgan fingerprint density at radius 3 is 2.62 bits per heavy atom. The van der Waals surface area contributed by atoms with Gasteiger partial charge in [0.05, 0.1) is 24.3 Å². The van der Waals surface area contributed by atoms with E-state index in [1.54, 1.807) is 18.2 Å². The van der Waals surface area contributed by atoms with Crippen LogP contribution in [0.15, 0.2) is 59.9 Å². The molecular formula is C25H32N6O3. The molecule has 7 N–H and O–H groups in total. The third-order valence-corrected chi connectivity index (χ3v) is 6.36. The van der Waals surface area contributed by atoms with Crippen LogP contribution in [-0.2, 0) is 11.3 Å². The molecule has 2 aliphatic heterocycles. The number of para-hydroxylation sites is 1. The number of benzene rings is 2. The molecule has 0 aromatic heterocycles. The molecule has 2 atom stereocenters. The maximum absolute atomic E-state index is 12.5. The van der Waals surface area contributed by atoms with Crippen molar-refractivity contribution in [1.29, 1.82) is 0 Å². The number of primary amides is 1. The van der Waals surface area contributed by atoms with Crippen LogP contribution in [0.25, 0.3) is 0 Å². The topological polar surface area (TPSA) is 135 Å². The van der Waals surface area contributed by atoms with E-state index in [1.807, 2.05) is 35.3 Å². The lowest BCUT2D eigenvalue weighted by molar-refractivity contribution is -0.114. The van der Waals surface area contributed by atoms with Crippen molar-refractivity contribution in [1.82, 2.24) is 21.1 Å². The number of nitrogens with zero attached hydrogens (tertiary/aromatic N) is 1. The van der Waals surface area contributed by atoms with Crippen molar-refractivity contribution in [3.8, 4) is 5.75 Å². The molecule has 34 heavy (non-hydrogen) atoms. The zero-order valence-electron chi connectivity index (χ0n) is 19.3. The Morgan fingerprint density at radius 1 is 1.18 bits per heavy atom. The summed E-state index contributed by atoms with van der Waals surface area (Å²) in [6.45, 7) is 3.03. The fourth-order valence-corrected chi connectivity index (χ4v) is 4.52. The Labute approximate surface area is 199 Å². The number of hydrazine groups is 1. The van der Waals surface area contributed by atoms with Gasteiger partial charge >= 0.3 is 0 Å². The Hall–Kier alpha value is -3.56. The highest BCUT2D eigenvalue weighted by molar-refractivity contribution is 5.97. The molecule has 0 saturated carbocycles. The van der Waals surface area contributed by atoms with Crippen LogP contribution in [0.2, 0.25) is 0 Å². The van der Waals surface area contributed by atoms with Gasteiger partial charge in [-0.05, 0) is 55.1 Å². The molecule has 2 aromatic rings. The molecule has 4 rings (SSSR count). The molecule has 2 aliphatic rings. The van der Waals surface area contributed by atoms with E-state index in [-0.39, 0.29) is 5.91 Å². The predicted octanol–water partition coefficient (Wildman–Crippen LogP) is 1.14. The van der Waals surface area contributed by atoms with Crippen LogP contribution in [0.1, 0.15) is 40.4 Å². The second-order valence-corrected chi connectivity index (χ2v) is 8.67. The highest BCUT2D eigenvalue weighted by Gasteiger charge is 2.35. The normalized spacial score (nSPS) is 20.3. The second-order valence-electron chi connectivity index (χ2n) is 8.67. The van der Waals surface area contributed by atoms with Gasteiger partial charge in [-0.2, -0.15) is 0 Å². The fraction of sp³-hybridized carbons (Fsp3) is 0.360. The van der Waals surface area contributed by atoms with Gasteiger partial charge in [0.25, 0.3) is 5.91 Å². The van der Waals surface area contributed by atoms with Gasteiger partial charge in [-0.15, -0.1) is 0 Å². The number of nitrogens with two attached hydrogens (primary N) is 2. The Kier molecular flexibility index (Phi) is 7.34. The molecule has 2 aromatic carbocycles. The first-order chi connectivity index (χ1) is 16.5. The summed E-state index contributed by atoms with van der Waals surface area (Å²) in [6, 6.07) is 14.4. The van der Waals surface area contributed by atoms with Crippen molar-refractivity contribution in [3.05, 3.63) is 76.6 Å². The van der Waals surface area contributed by atoms with Crippen molar-refractivity contribution >= 4 is 11.8 Å². The molecular weight excluding hydrogens is 432 g/mol. The maximum Gasteiger partial charge on any atom is 0.255 e. The van der Waals surface area contributed by atoms with Crippen molar-refractivity contribution in [3.63, 3.8) is 0 Å². The van der Waals surface area contributed by atoms with E-state index in [9.17, 15) is 9.59 Å². The number of hydrogen-bond acceptors (Lipinski definition) is 7. The lowest BCUT2D eigenvalue weighted by atomic mass is 9.98. The molecule has 0 radical (unpaired) electrons. The number of carbonyl (C=O) groups excluding carboxylic acids is 2. The zero-order chi connectivity index (χ0) is 24.1. The van der Waals surface area contributed by atoms with Gasteiger partial charge in [-0.1, -0.05) is 36.4 Å². The summed E-state index contributed by atoms with van der Waals surface area (Å²) >= 11 is 0. The lowest BCUT2D eigenvalue weighted by Gasteiger charge is -2.29. The average molecular weight is 465 g/mol. The Balaban J connectivity index is 1.42. The first-order valence-corrected chi connectivity index (χ1v) is 11.5. The summed E-state index contributed by atoms with van der Waals surface area (Å²) in [7, 11) is 1.54. The van der Waals surface area contributed by atoms with Gasteiger partial charge < -0.3 is 26.8 Å². The number of piperidine rings is 1. The van der Waals surface area contributed by atoms with E-state index in [0.717, 1.165) is 37.1 Å². The molecule has 9 heteroatoms. The Bertz CT molecular complexity index is 1060. The average Bonchev–Trinajstić information content (AvgIpc) is 3.19. The number of methoxy groups -OCH3 is 1. The molecule has 1 unspecified atom stereocenters. The van der Waals surface area contributed by atoms with Crippen LogP contribution >= 0.6 is 0 Å². The summed E-state index contributed by atoms with van der Waals surface area (Å²) < 4.78 is 5.26. The van der Waals surface area contributed by atoms with Gasteiger partial charge in [-0.25, -0.2) is 5.43 Å². The number of amides is 2. The van der Waals surface area contributed by atoms with E-state index in [4.69, 9.17) is 16.2 Å². The SMILES string of the molecule is COc1ccccc1C(=O)NCc1ccc(C2NN(C[C@H]3CCCNC3)C(N)=C2C(N)=O)cc1. The van der Waals surface area contributed by atoms with E-state index in [0.29, 0.717) is 41.7 Å². The minimum Gasteiger partial charge on any atom is -0.496 e. The molecule has 0 spiro atoms. The van der Waals surface area contributed by atoms with Crippen molar-refractivity contribution in [2.24, 2.45) is 17.4 Å². The maximum atomic E-state index is 12.5. The largest absolute Gasteiger partial charge is 0.496 e. The first kappa shape index (κ1) is 23.6. The van der Waals surface area contributed by atoms with Gasteiger partial charge in [0.15, 0.2) is 0 Å². The molecule has 2 amide bonds. The molecule has 2 heterocycles. The van der Waals surface area contributed by atoms with Crippen LogP contribution in [0.5, 0.6) is 5.75 Å². The number of carbonyl (C=O) groups is 2. The third kappa shape index (κ3) is 5.16. The highest BCUT2D eigenvalue weighted by Crippen LogP contribution is 2.31. The van der Waals surface area contributed by atoms with E-state index in [2.05, 4.69) is 16.1 Å². The molecule has 0 bridgehead atoms. The summed E-state index contributed by atoms with van der Waals surface area (Å²) in [5.74, 6) is 0.615. The summed E-state index contributed by atoms with van der Waals surface area (Å²) in [5, 5.41) is 8.17. The summed E-state index contributed by atoms with van der Waals surface area (Å²) in [4.78, 5) is 24.8. The number of nitrogens with one attached hydrogen (secondary N) is 3. The van der Waals surface area contributed by atoms with Crippen molar-refractivity contribution in [2.75, 3.05) is 26.7 Å². The van der Waals surface area contributed by atoms with Crippen LogP contribution in [0.4, 0.5) is 0 Å². The quantitative estimate of drug-likeness (QED) is 0.395. The summed E-state index contributed by atoms with van der Waals surface area (Å²) in [6.07, 6.45) is 2.24. The van der Waals surface area contributed by atoms with Crippen LogP contribution in [0, 0.1) is 5.92 Å². The number of ether oxygens (including phenoxy) is 1. The minimum atomic E-state index is -0.535. The smallest absolute Gasteiger partial charge is 0.255 e. The predicted molar refractivity (Wildman–Crippen MR) is 129 cm³/mol. The van der Waals surface area contributed by atoms with Gasteiger partial charge in [0.2, 0.25) is 5.91 Å². The number of hydrogen-bond donors (Lipinski definition) is 5. The Morgan fingerprint density at radius 2 is 1.94 bits per heavy atom. The van der Waals surface area contributed by atoms with E-state index in [1.165, 1.54) is 7.11 Å². The minimum absolute atomic E-state index is 0.210. The number of rotatable bonds is 8. The van der Waals surface area contributed by atoms with E-state index >= 15 is 0 Å². The van der Waals surface area contributed by atoms with Gasteiger partial charge in [0.1, 0.15) is 11.6 Å². The van der Waals surface area contributed by atoms with Crippen molar-refractivity contribution < 1.29 is 14.3 Å². The fourth-order valence-electron chi connectivity index (χ4n) is 4.52.